The van der Waals surface area contributed by atoms with Gasteiger partial charge in [-0.25, -0.2) is 9.78 Å². The molecule has 2 aromatic rings. The average molecular weight is 828 g/mol. The fourth-order valence-electron chi connectivity index (χ4n) is 9.44. The second-order valence-corrected chi connectivity index (χ2v) is 17.3. The van der Waals surface area contributed by atoms with Gasteiger partial charge in [-0.1, -0.05) is 27.7 Å². The largest absolute Gasteiger partial charge is 0.458 e. The predicted octanol–water partition coefficient (Wildman–Crippen LogP) is 3.90. The number of aromatic nitrogens is 3. The molecule has 5 rings (SSSR count). The van der Waals surface area contributed by atoms with Gasteiger partial charge in [-0.15, -0.1) is 0 Å². The van der Waals surface area contributed by atoms with Crippen LogP contribution in [0, 0.1) is 23.7 Å². The molecule has 13 atom stereocenters. The molecule has 0 spiro atoms. The van der Waals surface area contributed by atoms with E-state index in [1.165, 1.54) is 14.0 Å². The molecule has 0 unspecified atom stereocenters. The first-order valence-corrected chi connectivity index (χ1v) is 20.9. The van der Waals surface area contributed by atoms with E-state index in [0.717, 1.165) is 11.3 Å². The number of aliphatic hydroxyl groups excluding tert-OH is 2. The van der Waals surface area contributed by atoms with Crippen molar-refractivity contribution in [2.24, 2.45) is 23.7 Å². The van der Waals surface area contributed by atoms with Crippen molar-refractivity contribution in [2.75, 3.05) is 34.4 Å². The lowest BCUT2D eigenvalue weighted by Crippen LogP contribution is -2.60. The zero-order valence-corrected chi connectivity index (χ0v) is 36.3. The van der Waals surface area contributed by atoms with Crippen molar-refractivity contribution >= 4 is 23.6 Å². The number of hydrogen-bond donors (Lipinski definition) is 2. The van der Waals surface area contributed by atoms with Crippen LogP contribution < -0.4 is 0 Å². The third-order valence-corrected chi connectivity index (χ3v) is 12.9. The number of rotatable bonds is 12. The number of nitrogens with zero attached hydrogens (tertiary/aromatic N) is 5. The summed E-state index contributed by atoms with van der Waals surface area (Å²) in [5.41, 5.74) is -1.04. The van der Waals surface area contributed by atoms with Crippen LogP contribution in [0.15, 0.2) is 37.1 Å². The van der Waals surface area contributed by atoms with E-state index in [4.69, 9.17) is 23.7 Å². The number of ketones is 2. The summed E-state index contributed by atoms with van der Waals surface area (Å²) in [7, 11) is 5.07. The minimum Gasteiger partial charge on any atom is -0.458 e. The Morgan fingerprint density at radius 1 is 1.03 bits per heavy atom. The van der Waals surface area contributed by atoms with Crippen LogP contribution >= 0.6 is 0 Å². The van der Waals surface area contributed by atoms with E-state index >= 15 is 0 Å². The van der Waals surface area contributed by atoms with Crippen LogP contribution in [-0.4, -0.2) is 147 Å². The molecule has 16 nitrogen and oxygen atoms in total. The van der Waals surface area contributed by atoms with Gasteiger partial charge in [0, 0.05) is 68.1 Å². The first-order valence-electron chi connectivity index (χ1n) is 20.9. The molecule has 5 heterocycles. The zero-order chi connectivity index (χ0) is 43.4. The molecule has 0 bridgehead atoms. The molecule has 2 N–H and O–H groups in total. The number of fused-ring (bicyclic) bond motifs is 1. The highest BCUT2D eigenvalue weighted by atomic mass is 16.7. The van der Waals surface area contributed by atoms with Crippen molar-refractivity contribution in [3.05, 3.63) is 37.1 Å². The number of Topliss-reactive ketones (excluding diaryl/α,β-unsaturated/α-hetero) is 2. The summed E-state index contributed by atoms with van der Waals surface area (Å²) in [5, 5.41) is 21.5. The van der Waals surface area contributed by atoms with Gasteiger partial charge in [0.25, 0.3) is 0 Å². The normalized spacial score (nSPS) is 36.3. The van der Waals surface area contributed by atoms with Gasteiger partial charge in [0.05, 0.1) is 42.5 Å². The third kappa shape index (κ3) is 9.73. The fraction of sp³-hybridized carbons (Fsp3) is 0.721. The highest BCUT2D eigenvalue weighted by Gasteiger charge is 2.60. The Balaban J connectivity index is 1.44. The number of unbranched alkanes of at least 4 members (excludes halogenated alkanes) is 1. The van der Waals surface area contributed by atoms with Gasteiger partial charge >= 0.3 is 12.1 Å². The molecule has 0 radical (unpaired) electrons. The number of pyridine rings is 1. The lowest BCUT2D eigenvalue weighted by atomic mass is 9.73. The highest BCUT2D eigenvalue weighted by Crippen LogP contribution is 2.43. The Bertz CT molecular complexity index is 1760. The summed E-state index contributed by atoms with van der Waals surface area (Å²) in [6.45, 7) is 12.5. The van der Waals surface area contributed by atoms with Gasteiger partial charge < -0.3 is 48.3 Å². The molecule has 1 amide bonds. The Hall–Kier alpha value is -3.80. The number of cyclic esters (lactones) is 1. The maximum absolute atomic E-state index is 14.7. The summed E-state index contributed by atoms with van der Waals surface area (Å²) in [6, 6.07) is 2.55. The van der Waals surface area contributed by atoms with E-state index in [2.05, 4.69) is 9.97 Å². The number of likely N-dealkylation sites (N-methyl/N-ethyl adjacent to an activating group) is 1. The molecule has 0 aliphatic carbocycles. The van der Waals surface area contributed by atoms with Crippen LogP contribution in [0.5, 0.6) is 0 Å². The van der Waals surface area contributed by atoms with E-state index in [9.17, 15) is 29.4 Å². The van der Waals surface area contributed by atoms with Gasteiger partial charge in [-0.05, 0) is 79.1 Å². The number of methoxy groups -OCH3 is 1. The van der Waals surface area contributed by atoms with Crippen molar-refractivity contribution in [1.82, 2.24) is 24.3 Å². The Labute approximate surface area is 347 Å². The van der Waals surface area contributed by atoms with Gasteiger partial charge in [-0.3, -0.25) is 19.4 Å². The Morgan fingerprint density at radius 2 is 1.75 bits per heavy atom. The van der Waals surface area contributed by atoms with Gasteiger partial charge in [0.1, 0.15) is 23.9 Å². The number of carbonyl (C=O) groups is 4. The minimum absolute atomic E-state index is 0.0819. The molecule has 3 aliphatic heterocycles. The van der Waals surface area contributed by atoms with Crippen LogP contribution in [0.4, 0.5) is 4.79 Å². The van der Waals surface area contributed by atoms with E-state index in [0.29, 0.717) is 25.8 Å². The predicted molar refractivity (Wildman–Crippen MR) is 216 cm³/mol. The van der Waals surface area contributed by atoms with Gasteiger partial charge in [0.15, 0.2) is 17.7 Å². The van der Waals surface area contributed by atoms with Gasteiger partial charge in [-0.2, -0.15) is 0 Å². The molecule has 3 fully saturated rings. The molecule has 3 aliphatic rings. The lowest BCUT2D eigenvalue weighted by Gasteiger charge is -2.47. The number of esters is 1. The monoisotopic (exact) mass is 827 g/mol. The average Bonchev–Trinajstić information content (AvgIpc) is 3.80. The second-order valence-electron chi connectivity index (χ2n) is 17.3. The SMILES string of the molecule is CC[C@H]1OC(=O)[C@H](C)C(=O)[C@H](C)[C@@H](O[C@@H]2O[C@H](CO)C[C@H](N(C)C)[C@H]2O)[C@](C)(OC)C[C@@H](C)C(=O)[C@H](C)[C@H]2N(CCCCn3cnc(-c4cccnc4)c3)C(=O)O[C@]12C. The molecule has 59 heavy (non-hydrogen) atoms. The maximum atomic E-state index is 14.7. The number of ether oxygens (including phenoxy) is 5. The topological polar surface area (TPSA) is 192 Å². The van der Waals surface area contributed by atoms with Crippen LogP contribution in [0.25, 0.3) is 11.3 Å². The van der Waals surface area contributed by atoms with E-state index < -0.39 is 95.5 Å². The number of hydrogen-bond acceptors (Lipinski definition) is 14. The fourth-order valence-corrected chi connectivity index (χ4v) is 9.44. The smallest absolute Gasteiger partial charge is 0.410 e. The molecule has 0 saturated carbocycles. The van der Waals surface area contributed by atoms with Crippen molar-refractivity contribution in [2.45, 2.75) is 141 Å². The summed E-state index contributed by atoms with van der Waals surface area (Å²) in [4.78, 5) is 69.0. The van der Waals surface area contributed by atoms with Gasteiger partial charge in [0.2, 0.25) is 0 Å². The number of aliphatic hydroxyl groups is 2. The van der Waals surface area contributed by atoms with Crippen LogP contribution in [-0.2, 0) is 44.6 Å². The van der Waals surface area contributed by atoms with E-state index in [-0.39, 0.29) is 31.8 Å². The van der Waals surface area contributed by atoms with E-state index in [1.807, 2.05) is 27.8 Å². The molecular formula is C43H65N5O11. The molecule has 0 aromatic carbocycles. The number of amides is 1. The molecule has 16 heteroatoms. The summed E-state index contributed by atoms with van der Waals surface area (Å²) < 4.78 is 33.0. The number of aryl methyl sites for hydroxylation is 1. The summed E-state index contributed by atoms with van der Waals surface area (Å²) in [5.74, 6) is -5.23. The zero-order valence-electron chi connectivity index (χ0n) is 36.3. The van der Waals surface area contributed by atoms with Crippen molar-refractivity contribution < 1.29 is 53.1 Å². The summed E-state index contributed by atoms with van der Waals surface area (Å²) in [6.07, 6.45) is 3.32. The first kappa shape index (κ1) is 46.3. The van der Waals surface area contributed by atoms with Crippen molar-refractivity contribution in [1.29, 1.82) is 0 Å². The van der Waals surface area contributed by atoms with E-state index in [1.54, 1.807) is 79.3 Å². The quantitative estimate of drug-likeness (QED) is 0.178. The highest BCUT2D eigenvalue weighted by molar-refractivity contribution is 6.00. The van der Waals surface area contributed by atoms with Crippen LogP contribution in [0.1, 0.15) is 80.6 Å². The molecule has 2 aromatic heterocycles. The number of imidazole rings is 1. The Morgan fingerprint density at radius 3 is 2.37 bits per heavy atom. The molecule has 328 valence electrons. The second kappa shape index (κ2) is 19.3. The van der Waals surface area contributed by atoms with Crippen LogP contribution in [0.3, 0.4) is 0 Å². The standard InChI is InChI=1S/C43H65N5O11/c1-11-33-43(7)37(48(41(54)59-43)18-13-12-17-47-22-31(45-24-47)29-15-14-16-44-21-29)26(3)34(50)25(2)20-42(6,55-10)38(27(4)35(51)28(5)39(53)57-33)58-40-36(52)32(46(8)9)19-30(23-49)56-40/h14-16,21-22,24-28,30,32-33,36-38,40,49,52H,11-13,17-20,23H2,1-10H3/t25-,26+,27+,28-,30+,32+,33-,36-,37-,38-,40+,42-,43-/m1/s1. The molecule has 3 saturated heterocycles. The van der Waals surface area contributed by atoms with Crippen LogP contribution in [0.2, 0.25) is 0 Å². The van der Waals surface area contributed by atoms with Crippen molar-refractivity contribution in [3.8, 4) is 11.3 Å². The maximum Gasteiger partial charge on any atom is 0.410 e. The molecular weight excluding hydrogens is 762 g/mol. The first-order chi connectivity index (χ1) is 27.9. The number of carbonyl (C=O) groups excluding carboxylic acids is 4. The minimum atomic E-state index is -1.42. The lowest BCUT2D eigenvalue weighted by molar-refractivity contribution is -0.300. The van der Waals surface area contributed by atoms with Crippen molar-refractivity contribution in [3.63, 3.8) is 0 Å². The Kier molecular flexibility index (Phi) is 15.1. The third-order valence-electron chi connectivity index (χ3n) is 12.9. The summed E-state index contributed by atoms with van der Waals surface area (Å²) >= 11 is 0.